The molecule has 152 valence electrons. The van der Waals surface area contributed by atoms with Crippen LogP contribution in [0.3, 0.4) is 0 Å². The Morgan fingerprint density at radius 1 is 1.07 bits per heavy atom. The van der Waals surface area contributed by atoms with Crippen LogP contribution in [-0.4, -0.2) is 37.7 Å². The molecule has 29 heavy (non-hydrogen) atoms. The molecule has 0 bridgehead atoms. The van der Waals surface area contributed by atoms with Gasteiger partial charge in [0.05, 0.1) is 11.1 Å². The van der Waals surface area contributed by atoms with E-state index in [1.807, 2.05) is 30.3 Å². The first-order chi connectivity index (χ1) is 13.9. The minimum atomic E-state index is -3.58. The number of oxazole rings is 1. The molecular weight excluding hydrogens is 390 g/mol. The van der Waals surface area contributed by atoms with Crippen molar-refractivity contribution in [3.8, 4) is 11.3 Å². The van der Waals surface area contributed by atoms with Crippen LogP contribution in [0, 0.1) is 0 Å². The Labute approximate surface area is 170 Å². The molecule has 0 unspecified atom stereocenters. The largest absolute Gasteiger partial charge is 0.441 e. The normalized spacial score (nSPS) is 11.6. The van der Waals surface area contributed by atoms with Gasteiger partial charge in [-0.15, -0.1) is 0 Å². The lowest BCUT2D eigenvalue weighted by molar-refractivity contribution is -0.121. The SMILES string of the molecule is CN(C)S(=O)(=O)c1ccccc1CNC(=O)CCc1ncc(-c2ccccc2)o1. The average molecular weight is 413 g/mol. The predicted octanol–water partition coefficient (Wildman–Crippen LogP) is 2.84. The van der Waals surface area contributed by atoms with E-state index < -0.39 is 10.0 Å². The van der Waals surface area contributed by atoms with Crippen LogP contribution in [0.1, 0.15) is 17.9 Å². The zero-order valence-corrected chi connectivity index (χ0v) is 17.1. The van der Waals surface area contributed by atoms with Crippen molar-refractivity contribution in [1.82, 2.24) is 14.6 Å². The summed E-state index contributed by atoms with van der Waals surface area (Å²) in [5.74, 6) is 0.930. The Kier molecular flexibility index (Phi) is 6.46. The number of nitrogens with one attached hydrogen (secondary N) is 1. The van der Waals surface area contributed by atoms with E-state index in [-0.39, 0.29) is 23.8 Å². The number of carbonyl (C=O) groups is 1. The molecular formula is C21H23N3O4S. The number of aromatic nitrogens is 1. The van der Waals surface area contributed by atoms with E-state index in [1.54, 1.807) is 24.4 Å². The van der Waals surface area contributed by atoms with Gasteiger partial charge in [0.15, 0.2) is 11.7 Å². The van der Waals surface area contributed by atoms with E-state index in [2.05, 4.69) is 10.3 Å². The van der Waals surface area contributed by atoms with Crippen LogP contribution in [0.15, 0.2) is 70.1 Å². The number of carbonyl (C=O) groups excluding carboxylic acids is 1. The third kappa shape index (κ3) is 5.10. The molecule has 0 aliphatic carbocycles. The summed E-state index contributed by atoms with van der Waals surface area (Å²) in [7, 11) is -0.623. The average Bonchev–Trinajstić information content (AvgIpc) is 3.20. The van der Waals surface area contributed by atoms with E-state index in [9.17, 15) is 13.2 Å². The summed E-state index contributed by atoms with van der Waals surface area (Å²) in [6.45, 7) is 0.128. The van der Waals surface area contributed by atoms with Crippen LogP contribution >= 0.6 is 0 Å². The minimum absolute atomic E-state index is 0.128. The summed E-state index contributed by atoms with van der Waals surface area (Å²) in [6, 6.07) is 16.2. The number of benzene rings is 2. The highest BCUT2D eigenvalue weighted by Gasteiger charge is 2.20. The first-order valence-electron chi connectivity index (χ1n) is 9.15. The molecule has 7 nitrogen and oxygen atoms in total. The molecule has 0 atom stereocenters. The fraction of sp³-hybridized carbons (Fsp3) is 0.238. The van der Waals surface area contributed by atoms with E-state index in [1.165, 1.54) is 20.2 Å². The monoisotopic (exact) mass is 413 g/mol. The zero-order chi connectivity index (χ0) is 20.9. The Balaban J connectivity index is 1.57. The van der Waals surface area contributed by atoms with E-state index in [0.29, 0.717) is 23.6 Å². The van der Waals surface area contributed by atoms with Crippen molar-refractivity contribution in [2.45, 2.75) is 24.3 Å². The summed E-state index contributed by atoms with van der Waals surface area (Å²) in [5.41, 5.74) is 1.46. The Bertz CT molecular complexity index is 1080. The van der Waals surface area contributed by atoms with Gasteiger partial charge in [0, 0.05) is 39.0 Å². The van der Waals surface area contributed by atoms with Gasteiger partial charge in [0.2, 0.25) is 15.9 Å². The first-order valence-corrected chi connectivity index (χ1v) is 10.6. The lowest BCUT2D eigenvalue weighted by Gasteiger charge is -2.15. The molecule has 0 fully saturated rings. The number of amides is 1. The van der Waals surface area contributed by atoms with Crippen LogP contribution in [0.4, 0.5) is 0 Å². The maximum Gasteiger partial charge on any atom is 0.242 e. The molecule has 1 heterocycles. The van der Waals surface area contributed by atoms with Crippen LogP contribution in [-0.2, 0) is 27.8 Å². The number of nitrogens with zero attached hydrogens (tertiary/aromatic N) is 2. The third-order valence-corrected chi connectivity index (χ3v) is 6.30. The zero-order valence-electron chi connectivity index (χ0n) is 16.3. The number of hydrogen-bond donors (Lipinski definition) is 1. The van der Waals surface area contributed by atoms with E-state index in [0.717, 1.165) is 9.87 Å². The second-order valence-electron chi connectivity index (χ2n) is 6.66. The molecule has 0 aliphatic rings. The van der Waals surface area contributed by atoms with E-state index >= 15 is 0 Å². The number of hydrogen-bond acceptors (Lipinski definition) is 5. The third-order valence-electron chi connectivity index (χ3n) is 4.39. The van der Waals surface area contributed by atoms with Crippen molar-refractivity contribution >= 4 is 15.9 Å². The Hall–Kier alpha value is -2.97. The molecule has 8 heteroatoms. The summed E-state index contributed by atoms with van der Waals surface area (Å²) in [5, 5.41) is 2.77. The van der Waals surface area contributed by atoms with Crippen molar-refractivity contribution in [2.75, 3.05) is 14.1 Å². The second-order valence-corrected chi connectivity index (χ2v) is 8.78. The summed E-state index contributed by atoms with van der Waals surface area (Å²) >= 11 is 0. The maximum atomic E-state index is 12.4. The quantitative estimate of drug-likeness (QED) is 0.613. The van der Waals surface area contributed by atoms with E-state index in [4.69, 9.17) is 4.42 Å². The van der Waals surface area contributed by atoms with Crippen LogP contribution in [0.5, 0.6) is 0 Å². The van der Waals surface area contributed by atoms with Gasteiger partial charge < -0.3 is 9.73 Å². The Morgan fingerprint density at radius 2 is 1.76 bits per heavy atom. The van der Waals surface area contributed by atoms with Crippen LogP contribution in [0.2, 0.25) is 0 Å². The highest BCUT2D eigenvalue weighted by molar-refractivity contribution is 7.89. The van der Waals surface area contributed by atoms with Gasteiger partial charge in [-0.25, -0.2) is 17.7 Å². The number of rotatable bonds is 8. The molecule has 0 saturated carbocycles. The number of sulfonamides is 1. The van der Waals surface area contributed by atoms with Crippen molar-refractivity contribution < 1.29 is 17.6 Å². The smallest absolute Gasteiger partial charge is 0.242 e. The lowest BCUT2D eigenvalue weighted by Crippen LogP contribution is -2.27. The van der Waals surface area contributed by atoms with Crippen LogP contribution in [0.25, 0.3) is 11.3 Å². The summed E-state index contributed by atoms with van der Waals surface area (Å²) < 4.78 is 31.7. The molecule has 1 N–H and O–H groups in total. The fourth-order valence-corrected chi connectivity index (χ4v) is 3.88. The fourth-order valence-electron chi connectivity index (χ4n) is 2.76. The van der Waals surface area contributed by atoms with Gasteiger partial charge in [0.25, 0.3) is 0 Å². The predicted molar refractivity (Wildman–Crippen MR) is 109 cm³/mol. The minimum Gasteiger partial charge on any atom is -0.441 e. The van der Waals surface area contributed by atoms with Gasteiger partial charge in [-0.05, 0) is 11.6 Å². The molecule has 2 aromatic carbocycles. The number of aryl methyl sites for hydroxylation is 1. The topological polar surface area (TPSA) is 92.5 Å². The van der Waals surface area contributed by atoms with Gasteiger partial charge >= 0.3 is 0 Å². The van der Waals surface area contributed by atoms with Crippen molar-refractivity contribution in [3.63, 3.8) is 0 Å². The highest BCUT2D eigenvalue weighted by Crippen LogP contribution is 2.20. The van der Waals surface area contributed by atoms with Crippen molar-refractivity contribution in [3.05, 3.63) is 72.2 Å². The molecule has 0 spiro atoms. The second kappa shape index (κ2) is 9.02. The highest BCUT2D eigenvalue weighted by atomic mass is 32.2. The summed E-state index contributed by atoms with van der Waals surface area (Å²) in [4.78, 5) is 16.6. The molecule has 1 amide bonds. The molecule has 3 aromatic rings. The Morgan fingerprint density at radius 3 is 2.48 bits per heavy atom. The van der Waals surface area contributed by atoms with Crippen LogP contribution < -0.4 is 5.32 Å². The molecule has 0 aliphatic heterocycles. The molecule has 3 rings (SSSR count). The van der Waals surface area contributed by atoms with Gasteiger partial charge in [-0.3, -0.25) is 4.79 Å². The summed E-state index contributed by atoms with van der Waals surface area (Å²) in [6.07, 6.45) is 2.19. The first kappa shape index (κ1) is 20.8. The molecule has 0 saturated heterocycles. The maximum absolute atomic E-state index is 12.4. The van der Waals surface area contributed by atoms with Gasteiger partial charge in [0.1, 0.15) is 0 Å². The standard InChI is InChI=1S/C21H23N3O4S/c1-24(2)29(26,27)19-11-7-6-10-17(19)14-22-20(25)12-13-21-23-15-18(28-21)16-8-4-3-5-9-16/h3-11,15H,12-14H2,1-2H3,(H,22,25). The van der Waals surface area contributed by atoms with Crippen molar-refractivity contribution in [2.24, 2.45) is 0 Å². The van der Waals surface area contributed by atoms with Crippen molar-refractivity contribution in [1.29, 1.82) is 0 Å². The van der Waals surface area contributed by atoms with Gasteiger partial charge in [-0.1, -0.05) is 48.5 Å². The molecule has 0 radical (unpaired) electrons. The lowest BCUT2D eigenvalue weighted by atomic mass is 10.2. The van der Waals surface area contributed by atoms with Gasteiger partial charge in [-0.2, -0.15) is 0 Å². The molecule has 1 aromatic heterocycles.